The van der Waals surface area contributed by atoms with Gasteiger partial charge in [0.2, 0.25) is 0 Å². The molecule has 1 saturated heterocycles. The van der Waals surface area contributed by atoms with E-state index in [1.807, 2.05) is 47.4 Å². The van der Waals surface area contributed by atoms with E-state index in [9.17, 15) is 9.90 Å². The van der Waals surface area contributed by atoms with Gasteiger partial charge in [-0.1, -0.05) is 42.5 Å². The number of anilines is 1. The van der Waals surface area contributed by atoms with Crippen molar-refractivity contribution in [3.63, 3.8) is 0 Å². The molecular formula is C19H23ClN2O2. The normalized spacial score (nSPS) is 18.0. The van der Waals surface area contributed by atoms with Crippen LogP contribution in [0.25, 0.3) is 0 Å². The number of para-hydroxylation sites is 1. The molecule has 0 bridgehead atoms. The maximum absolute atomic E-state index is 12.8. The Kier molecular flexibility index (Phi) is 6.23. The van der Waals surface area contributed by atoms with Crippen LogP contribution in [0.2, 0.25) is 0 Å². The summed E-state index contributed by atoms with van der Waals surface area (Å²) in [5.41, 5.74) is 7.88. The van der Waals surface area contributed by atoms with Gasteiger partial charge in [0.1, 0.15) is 0 Å². The van der Waals surface area contributed by atoms with E-state index >= 15 is 0 Å². The maximum Gasteiger partial charge on any atom is 0.256 e. The van der Waals surface area contributed by atoms with E-state index in [2.05, 4.69) is 0 Å². The van der Waals surface area contributed by atoms with Gasteiger partial charge >= 0.3 is 0 Å². The largest absolute Gasteiger partial charge is 0.398 e. The topological polar surface area (TPSA) is 66.6 Å². The summed E-state index contributed by atoms with van der Waals surface area (Å²) in [7, 11) is 0. The number of rotatable bonds is 4. The fraction of sp³-hybridized carbons (Fsp3) is 0.316. The van der Waals surface area contributed by atoms with Crippen molar-refractivity contribution < 1.29 is 9.90 Å². The molecule has 1 aliphatic rings. The van der Waals surface area contributed by atoms with Gasteiger partial charge in [-0.2, -0.15) is 0 Å². The molecule has 1 amide bonds. The molecule has 0 saturated carbocycles. The molecule has 2 aromatic rings. The SMILES string of the molecule is Cl.Nc1ccccc1C(=O)N1CCCC1CC(O)c1ccccc1. The molecule has 0 radical (unpaired) electrons. The molecule has 128 valence electrons. The molecule has 3 rings (SSSR count). The fourth-order valence-electron chi connectivity index (χ4n) is 3.26. The summed E-state index contributed by atoms with van der Waals surface area (Å²) in [6, 6.07) is 16.8. The van der Waals surface area contributed by atoms with Crippen molar-refractivity contribution in [2.75, 3.05) is 12.3 Å². The molecule has 2 unspecified atom stereocenters. The number of carbonyl (C=O) groups is 1. The van der Waals surface area contributed by atoms with E-state index in [1.165, 1.54) is 0 Å². The molecule has 1 heterocycles. The average molecular weight is 347 g/mol. The summed E-state index contributed by atoms with van der Waals surface area (Å²) in [6.07, 6.45) is 1.89. The van der Waals surface area contributed by atoms with E-state index in [1.54, 1.807) is 12.1 Å². The molecule has 24 heavy (non-hydrogen) atoms. The number of nitrogen functional groups attached to an aromatic ring is 1. The van der Waals surface area contributed by atoms with E-state index in [0.29, 0.717) is 17.7 Å². The second kappa shape index (κ2) is 8.18. The summed E-state index contributed by atoms with van der Waals surface area (Å²) < 4.78 is 0. The van der Waals surface area contributed by atoms with Crippen molar-refractivity contribution in [3.05, 3.63) is 65.7 Å². The Hall–Kier alpha value is -2.04. The number of carbonyl (C=O) groups excluding carboxylic acids is 1. The quantitative estimate of drug-likeness (QED) is 0.833. The molecule has 0 aromatic heterocycles. The molecule has 2 aromatic carbocycles. The molecule has 1 aliphatic heterocycles. The van der Waals surface area contributed by atoms with Gasteiger partial charge in [0.05, 0.1) is 11.7 Å². The van der Waals surface area contributed by atoms with Crippen molar-refractivity contribution in [2.24, 2.45) is 0 Å². The summed E-state index contributed by atoms with van der Waals surface area (Å²) >= 11 is 0. The lowest BCUT2D eigenvalue weighted by atomic mass is 10.00. The van der Waals surface area contributed by atoms with Crippen LogP contribution in [0.3, 0.4) is 0 Å². The zero-order valence-electron chi connectivity index (χ0n) is 13.5. The highest BCUT2D eigenvalue weighted by molar-refractivity contribution is 5.99. The predicted molar refractivity (Wildman–Crippen MR) is 98.2 cm³/mol. The van der Waals surface area contributed by atoms with Crippen molar-refractivity contribution in [3.8, 4) is 0 Å². The Labute approximate surface area is 148 Å². The Balaban J connectivity index is 0.00000208. The van der Waals surface area contributed by atoms with Crippen LogP contribution in [0.4, 0.5) is 5.69 Å². The third-order valence-corrected chi connectivity index (χ3v) is 4.51. The van der Waals surface area contributed by atoms with Gasteiger partial charge in [-0.25, -0.2) is 0 Å². The number of hydrogen-bond donors (Lipinski definition) is 2. The standard InChI is InChI=1S/C19H22N2O2.ClH/c20-17-11-5-4-10-16(17)19(23)21-12-6-9-15(21)13-18(22)14-7-2-1-3-8-14;/h1-5,7-8,10-11,15,18,22H,6,9,12-13,20H2;1H. The van der Waals surface area contributed by atoms with Crippen LogP contribution in [0.5, 0.6) is 0 Å². The summed E-state index contributed by atoms with van der Waals surface area (Å²) in [5.74, 6) is -0.0362. The zero-order valence-corrected chi connectivity index (χ0v) is 14.3. The Morgan fingerprint density at radius 2 is 1.83 bits per heavy atom. The number of nitrogens with zero attached hydrogens (tertiary/aromatic N) is 1. The van der Waals surface area contributed by atoms with E-state index in [4.69, 9.17) is 5.73 Å². The number of nitrogens with two attached hydrogens (primary N) is 1. The number of likely N-dealkylation sites (tertiary alicyclic amines) is 1. The smallest absolute Gasteiger partial charge is 0.256 e. The van der Waals surface area contributed by atoms with Gasteiger partial charge in [-0.15, -0.1) is 12.4 Å². The monoisotopic (exact) mass is 346 g/mol. The highest BCUT2D eigenvalue weighted by atomic mass is 35.5. The van der Waals surface area contributed by atoms with Gasteiger partial charge in [-0.05, 0) is 37.0 Å². The summed E-state index contributed by atoms with van der Waals surface area (Å²) in [5, 5.41) is 10.4. The molecule has 2 atom stereocenters. The lowest BCUT2D eigenvalue weighted by Gasteiger charge is -2.27. The van der Waals surface area contributed by atoms with Gasteiger partial charge in [0, 0.05) is 18.3 Å². The second-order valence-electron chi connectivity index (χ2n) is 6.04. The Morgan fingerprint density at radius 1 is 1.17 bits per heavy atom. The van der Waals surface area contributed by atoms with E-state index in [0.717, 1.165) is 24.9 Å². The first-order valence-corrected chi connectivity index (χ1v) is 8.05. The number of amides is 1. The number of benzene rings is 2. The fourth-order valence-corrected chi connectivity index (χ4v) is 3.26. The highest BCUT2D eigenvalue weighted by Crippen LogP contribution is 2.29. The number of aliphatic hydroxyl groups excluding tert-OH is 1. The third-order valence-electron chi connectivity index (χ3n) is 4.51. The summed E-state index contributed by atoms with van der Waals surface area (Å²) in [6.45, 7) is 0.722. The second-order valence-corrected chi connectivity index (χ2v) is 6.04. The number of hydrogen-bond acceptors (Lipinski definition) is 3. The molecule has 3 N–H and O–H groups in total. The first-order valence-electron chi connectivity index (χ1n) is 8.05. The molecule has 5 heteroatoms. The van der Waals surface area contributed by atoms with Gasteiger partial charge in [-0.3, -0.25) is 4.79 Å². The van der Waals surface area contributed by atoms with Crippen molar-refractivity contribution in [2.45, 2.75) is 31.4 Å². The summed E-state index contributed by atoms with van der Waals surface area (Å²) in [4.78, 5) is 14.6. The lowest BCUT2D eigenvalue weighted by Crippen LogP contribution is -2.36. The van der Waals surface area contributed by atoms with Gasteiger partial charge in [0.25, 0.3) is 5.91 Å². The van der Waals surface area contributed by atoms with Crippen molar-refractivity contribution in [1.29, 1.82) is 0 Å². The number of aliphatic hydroxyl groups is 1. The molecule has 1 fully saturated rings. The van der Waals surface area contributed by atoms with Crippen LogP contribution >= 0.6 is 12.4 Å². The first kappa shape index (κ1) is 18.3. The first-order chi connectivity index (χ1) is 11.2. The molecule has 0 aliphatic carbocycles. The Morgan fingerprint density at radius 3 is 2.54 bits per heavy atom. The zero-order chi connectivity index (χ0) is 16.2. The van der Waals surface area contributed by atoms with Crippen LogP contribution in [0, 0.1) is 0 Å². The minimum atomic E-state index is -0.553. The minimum Gasteiger partial charge on any atom is -0.398 e. The van der Waals surface area contributed by atoms with Crippen LogP contribution < -0.4 is 5.73 Å². The average Bonchev–Trinajstić information content (AvgIpc) is 3.03. The van der Waals surface area contributed by atoms with Crippen LogP contribution in [-0.4, -0.2) is 28.5 Å². The van der Waals surface area contributed by atoms with Gasteiger partial charge in [0.15, 0.2) is 0 Å². The van der Waals surface area contributed by atoms with Crippen molar-refractivity contribution in [1.82, 2.24) is 4.90 Å². The Bertz CT molecular complexity index is 678. The maximum atomic E-state index is 12.8. The van der Waals surface area contributed by atoms with E-state index < -0.39 is 6.10 Å². The lowest BCUT2D eigenvalue weighted by molar-refractivity contribution is 0.0668. The third kappa shape index (κ3) is 3.89. The highest BCUT2D eigenvalue weighted by Gasteiger charge is 2.31. The number of halogens is 1. The van der Waals surface area contributed by atoms with E-state index in [-0.39, 0.29) is 24.4 Å². The molecular weight excluding hydrogens is 324 g/mol. The molecule has 4 nitrogen and oxygen atoms in total. The van der Waals surface area contributed by atoms with Crippen LogP contribution in [-0.2, 0) is 0 Å². The minimum absolute atomic E-state index is 0. The van der Waals surface area contributed by atoms with Gasteiger partial charge < -0.3 is 15.7 Å². The van der Waals surface area contributed by atoms with Crippen LogP contribution in [0.1, 0.15) is 41.3 Å². The van der Waals surface area contributed by atoms with Crippen molar-refractivity contribution >= 4 is 24.0 Å². The van der Waals surface area contributed by atoms with Crippen LogP contribution in [0.15, 0.2) is 54.6 Å². The molecule has 0 spiro atoms. The predicted octanol–water partition coefficient (Wildman–Crippen LogP) is 3.42.